The van der Waals surface area contributed by atoms with E-state index in [4.69, 9.17) is 0 Å². The molecule has 1 heterocycles. The van der Waals surface area contributed by atoms with Gasteiger partial charge in [-0.15, -0.1) is 0 Å². The van der Waals surface area contributed by atoms with Gasteiger partial charge in [-0.1, -0.05) is 17.7 Å². The van der Waals surface area contributed by atoms with Crippen molar-refractivity contribution in [1.29, 1.82) is 0 Å². The normalized spacial score (nSPS) is 17.7. The Hall–Kier alpha value is -0.950. The molecule has 0 saturated carbocycles. The number of nitrogens with one attached hydrogen (secondary N) is 1. The molecule has 0 radical (unpaired) electrons. The summed E-state index contributed by atoms with van der Waals surface area (Å²) in [5.41, 5.74) is 1.06. The Morgan fingerprint density at radius 2 is 1.68 bits per heavy atom. The molecule has 22 heavy (non-hydrogen) atoms. The number of piperazine rings is 1. The Bertz CT molecular complexity index is 549. The first-order valence-electron chi connectivity index (χ1n) is 7.94. The van der Waals surface area contributed by atoms with Gasteiger partial charge in [0.1, 0.15) is 0 Å². The van der Waals surface area contributed by atoms with Crippen molar-refractivity contribution in [1.82, 2.24) is 14.5 Å². The predicted octanol–water partition coefficient (Wildman–Crippen LogP) is 1.30. The van der Waals surface area contributed by atoms with Crippen LogP contribution in [0, 0.1) is 6.92 Å². The summed E-state index contributed by atoms with van der Waals surface area (Å²) in [7, 11) is -1.21. The van der Waals surface area contributed by atoms with E-state index in [0.29, 0.717) is 11.4 Å². The Kier molecular flexibility index (Phi) is 6.37. The van der Waals surface area contributed by atoms with E-state index in [1.165, 1.54) is 0 Å². The third-order valence-electron chi connectivity index (χ3n) is 4.12. The lowest BCUT2D eigenvalue weighted by Gasteiger charge is -2.32. The number of likely N-dealkylation sites (N-methyl/N-ethyl adjacent to an activating group) is 1. The predicted molar refractivity (Wildman–Crippen MR) is 89.5 cm³/mol. The van der Waals surface area contributed by atoms with Crippen molar-refractivity contribution in [3.05, 3.63) is 29.8 Å². The molecular weight excluding hydrogens is 298 g/mol. The Balaban J connectivity index is 1.66. The summed E-state index contributed by atoms with van der Waals surface area (Å²) >= 11 is 0. The molecule has 1 N–H and O–H groups in total. The first-order chi connectivity index (χ1) is 10.5. The van der Waals surface area contributed by atoms with Gasteiger partial charge in [0.05, 0.1) is 4.90 Å². The summed E-state index contributed by atoms with van der Waals surface area (Å²) in [6, 6.07) is 6.95. The number of hydrogen-bond donors (Lipinski definition) is 1. The third-order valence-corrected chi connectivity index (χ3v) is 5.60. The summed E-state index contributed by atoms with van der Waals surface area (Å²) in [5.74, 6) is 0. The van der Waals surface area contributed by atoms with Crippen molar-refractivity contribution in [2.75, 3.05) is 46.3 Å². The van der Waals surface area contributed by atoms with Gasteiger partial charge in [-0.25, -0.2) is 13.1 Å². The van der Waals surface area contributed by atoms with Gasteiger partial charge in [0, 0.05) is 32.7 Å². The largest absolute Gasteiger partial charge is 0.304 e. The van der Waals surface area contributed by atoms with Crippen LogP contribution < -0.4 is 4.72 Å². The second-order valence-electron chi connectivity index (χ2n) is 6.06. The molecule has 1 aromatic carbocycles. The van der Waals surface area contributed by atoms with E-state index in [-0.39, 0.29) is 0 Å². The standard InChI is InChI=1S/C16H27N3O2S/c1-15-5-7-16(8-6-15)22(20,21)17-9-3-4-10-19-13-11-18(2)12-14-19/h5-8,17H,3-4,9-14H2,1-2H3. The third kappa shape index (κ3) is 5.35. The average molecular weight is 325 g/mol. The zero-order valence-corrected chi connectivity index (χ0v) is 14.4. The highest BCUT2D eigenvalue weighted by atomic mass is 32.2. The monoisotopic (exact) mass is 325 g/mol. The van der Waals surface area contributed by atoms with Crippen molar-refractivity contribution < 1.29 is 8.42 Å². The van der Waals surface area contributed by atoms with Gasteiger partial charge in [-0.2, -0.15) is 0 Å². The van der Waals surface area contributed by atoms with Gasteiger partial charge >= 0.3 is 0 Å². The Morgan fingerprint density at radius 1 is 1.05 bits per heavy atom. The number of hydrogen-bond acceptors (Lipinski definition) is 4. The van der Waals surface area contributed by atoms with E-state index in [0.717, 1.165) is 51.1 Å². The van der Waals surface area contributed by atoms with Gasteiger partial charge in [0.2, 0.25) is 10.0 Å². The summed E-state index contributed by atoms with van der Waals surface area (Å²) in [6.07, 6.45) is 1.90. The van der Waals surface area contributed by atoms with Crippen LogP contribution in [0.2, 0.25) is 0 Å². The van der Waals surface area contributed by atoms with E-state index in [1.54, 1.807) is 12.1 Å². The molecule has 1 aliphatic rings. The highest BCUT2D eigenvalue weighted by Crippen LogP contribution is 2.10. The molecule has 0 bridgehead atoms. The lowest BCUT2D eigenvalue weighted by molar-refractivity contribution is 0.152. The second-order valence-corrected chi connectivity index (χ2v) is 7.83. The zero-order valence-electron chi connectivity index (χ0n) is 13.6. The SMILES string of the molecule is Cc1ccc(S(=O)(=O)NCCCCN2CCN(C)CC2)cc1. The molecule has 124 valence electrons. The smallest absolute Gasteiger partial charge is 0.240 e. The van der Waals surface area contributed by atoms with Crippen molar-refractivity contribution >= 4 is 10.0 Å². The molecule has 2 rings (SSSR count). The highest BCUT2D eigenvalue weighted by Gasteiger charge is 2.14. The van der Waals surface area contributed by atoms with Crippen LogP contribution in [0.5, 0.6) is 0 Å². The van der Waals surface area contributed by atoms with Crippen LogP contribution in [0.4, 0.5) is 0 Å². The second kappa shape index (κ2) is 8.06. The van der Waals surface area contributed by atoms with Crippen LogP contribution in [0.3, 0.4) is 0 Å². The Morgan fingerprint density at radius 3 is 2.32 bits per heavy atom. The number of benzene rings is 1. The minimum Gasteiger partial charge on any atom is -0.304 e. The quantitative estimate of drug-likeness (QED) is 0.768. The van der Waals surface area contributed by atoms with E-state index >= 15 is 0 Å². The molecule has 0 amide bonds. The lowest BCUT2D eigenvalue weighted by Crippen LogP contribution is -2.44. The summed E-state index contributed by atoms with van der Waals surface area (Å²) < 4.78 is 26.9. The minimum absolute atomic E-state index is 0.345. The van der Waals surface area contributed by atoms with Crippen molar-refractivity contribution in [2.24, 2.45) is 0 Å². The molecule has 0 aliphatic carbocycles. The highest BCUT2D eigenvalue weighted by molar-refractivity contribution is 7.89. The fraction of sp³-hybridized carbons (Fsp3) is 0.625. The van der Waals surface area contributed by atoms with Gasteiger partial charge in [0.25, 0.3) is 0 Å². The van der Waals surface area contributed by atoms with E-state index < -0.39 is 10.0 Å². The Labute approximate surface area is 134 Å². The zero-order chi connectivity index (χ0) is 16.0. The van der Waals surface area contributed by atoms with E-state index in [2.05, 4.69) is 21.6 Å². The topological polar surface area (TPSA) is 52.7 Å². The van der Waals surface area contributed by atoms with Crippen LogP contribution in [0.25, 0.3) is 0 Å². The maximum Gasteiger partial charge on any atom is 0.240 e. The fourth-order valence-corrected chi connectivity index (χ4v) is 3.61. The maximum absolute atomic E-state index is 12.1. The molecule has 6 heteroatoms. The summed E-state index contributed by atoms with van der Waals surface area (Å²) in [4.78, 5) is 5.14. The number of sulfonamides is 1. The molecular formula is C16H27N3O2S. The molecule has 1 saturated heterocycles. The first-order valence-corrected chi connectivity index (χ1v) is 9.43. The number of aryl methyl sites for hydroxylation is 1. The van der Waals surface area contributed by atoms with Crippen LogP contribution in [0.1, 0.15) is 18.4 Å². The van der Waals surface area contributed by atoms with E-state index in [1.807, 2.05) is 19.1 Å². The fourth-order valence-electron chi connectivity index (χ4n) is 2.54. The van der Waals surface area contributed by atoms with Gasteiger partial charge < -0.3 is 9.80 Å². The molecule has 5 nitrogen and oxygen atoms in total. The minimum atomic E-state index is -3.36. The first kappa shape index (κ1) is 17.4. The van der Waals surface area contributed by atoms with Gasteiger partial charge in [0.15, 0.2) is 0 Å². The maximum atomic E-state index is 12.1. The summed E-state index contributed by atoms with van der Waals surface area (Å²) in [6.45, 7) is 7.99. The summed E-state index contributed by atoms with van der Waals surface area (Å²) in [5, 5.41) is 0. The molecule has 1 aliphatic heterocycles. The average Bonchev–Trinajstić information content (AvgIpc) is 2.49. The van der Waals surface area contributed by atoms with Crippen LogP contribution in [-0.2, 0) is 10.0 Å². The van der Waals surface area contributed by atoms with Crippen LogP contribution in [-0.4, -0.2) is 64.5 Å². The number of unbranched alkanes of at least 4 members (excludes halogenated alkanes) is 1. The van der Waals surface area contributed by atoms with Crippen LogP contribution >= 0.6 is 0 Å². The molecule has 1 aromatic rings. The van der Waals surface area contributed by atoms with Crippen LogP contribution in [0.15, 0.2) is 29.2 Å². The van der Waals surface area contributed by atoms with Crippen molar-refractivity contribution in [3.63, 3.8) is 0 Å². The van der Waals surface area contributed by atoms with Gasteiger partial charge in [-0.05, 0) is 45.5 Å². The lowest BCUT2D eigenvalue weighted by atomic mass is 10.2. The number of rotatable bonds is 7. The van der Waals surface area contributed by atoms with Crippen molar-refractivity contribution in [2.45, 2.75) is 24.7 Å². The number of nitrogens with zero attached hydrogens (tertiary/aromatic N) is 2. The molecule has 1 fully saturated rings. The molecule has 0 atom stereocenters. The molecule has 0 unspecified atom stereocenters. The van der Waals surface area contributed by atoms with Crippen molar-refractivity contribution in [3.8, 4) is 0 Å². The molecule has 0 spiro atoms. The molecule has 0 aromatic heterocycles. The van der Waals surface area contributed by atoms with E-state index in [9.17, 15) is 8.42 Å². The van der Waals surface area contributed by atoms with Gasteiger partial charge in [-0.3, -0.25) is 0 Å².